The van der Waals surface area contributed by atoms with Gasteiger partial charge in [0, 0.05) is 13.1 Å². The fourth-order valence-corrected chi connectivity index (χ4v) is 2.20. The highest BCUT2D eigenvalue weighted by molar-refractivity contribution is 5.77. The van der Waals surface area contributed by atoms with E-state index in [0.717, 1.165) is 16.9 Å². The SMILES string of the molecule is COc1ccc(CNC(=O)CN(C)Cc2ccc(F)cc2)cc1. The molecular formula is C18H21FN2O2. The van der Waals surface area contributed by atoms with Crippen LogP contribution in [0.15, 0.2) is 48.5 Å². The summed E-state index contributed by atoms with van der Waals surface area (Å²) in [4.78, 5) is 13.8. The van der Waals surface area contributed by atoms with E-state index in [2.05, 4.69) is 5.32 Å². The Kier molecular flexibility index (Phi) is 6.11. The summed E-state index contributed by atoms with van der Waals surface area (Å²) in [7, 11) is 3.48. The molecule has 0 aliphatic heterocycles. The average Bonchev–Trinajstić information content (AvgIpc) is 2.55. The number of amides is 1. The Labute approximate surface area is 135 Å². The second-order valence-corrected chi connectivity index (χ2v) is 5.42. The number of likely N-dealkylation sites (N-methyl/N-ethyl adjacent to an activating group) is 1. The van der Waals surface area contributed by atoms with Gasteiger partial charge < -0.3 is 10.1 Å². The fourth-order valence-electron chi connectivity index (χ4n) is 2.20. The van der Waals surface area contributed by atoms with Crippen LogP contribution in [-0.2, 0) is 17.9 Å². The van der Waals surface area contributed by atoms with Gasteiger partial charge in [0.2, 0.25) is 5.91 Å². The van der Waals surface area contributed by atoms with Gasteiger partial charge in [0.25, 0.3) is 0 Å². The molecule has 0 aliphatic rings. The number of benzene rings is 2. The number of ether oxygens (including phenoxy) is 1. The van der Waals surface area contributed by atoms with Gasteiger partial charge in [-0.15, -0.1) is 0 Å². The van der Waals surface area contributed by atoms with Crippen molar-refractivity contribution in [2.75, 3.05) is 20.7 Å². The minimum Gasteiger partial charge on any atom is -0.497 e. The summed E-state index contributed by atoms with van der Waals surface area (Å²) in [5, 5.41) is 2.88. The number of carbonyl (C=O) groups excluding carboxylic acids is 1. The van der Waals surface area contributed by atoms with E-state index in [1.54, 1.807) is 19.2 Å². The zero-order valence-electron chi connectivity index (χ0n) is 13.4. The van der Waals surface area contributed by atoms with Gasteiger partial charge in [-0.3, -0.25) is 9.69 Å². The third-order valence-corrected chi connectivity index (χ3v) is 3.43. The van der Waals surface area contributed by atoms with Gasteiger partial charge in [0.1, 0.15) is 11.6 Å². The Balaban J connectivity index is 1.75. The molecule has 5 heteroatoms. The summed E-state index contributed by atoms with van der Waals surface area (Å²) >= 11 is 0. The molecule has 0 fully saturated rings. The van der Waals surface area contributed by atoms with E-state index in [-0.39, 0.29) is 18.3 Å². The summed E-state index contributed by atoms with van der Waals surface area (Å²) in [6.07, 6.45) is 0. The minimum absolute atomic E-state index is 0.0505. The molecular weight excluding hydrogens is 295 g/mol. The maximum absolute atomic E-state index is 12.9. The van der Waals surface area contributed by atoms with Crippen LogP contribution in [-0.4, -0.2) is 31.5 Å². The molecule has 2 aromatic rings. The number of hydrogen-bond acceptors (Lipinski definition) is 3. The molecule has 1 amide bonds. The predicted octanol–water partition coefficient (Wildman–Crippen LogP) is 2.58. The molecule has 0 aromatic heterocycles. The summed E-state index contributed by atoms with van der Waals surface area (Å²) in [6.45, 7) is 1.36. The van der Waals surface area contributed by atoms with Gasteiger partial charge in [-0.25, -0.2) is 4.39 Å². The molecule has 2 rings (SSSR count). The van der Waals surface area contributed by atoms with E-state index < -0.39 is 0 Å². The average molecular weight is 316 g/mol. The summed E-state index contributed by atoms with van der Waals surface area (Å²) < 4.78 is 18.0. The summed E-state index contributed by atoms with van der Waals surface area (Å²) in [5.41, 5.74) is 1.98. The van der Waals surface area contributed by atoms with Crippen molar-refractivity contribution >= 4 is 5.91 Å². The number of rotatable bonds is 7. The number of nitrogens with one attached hydrogen (secondary N) is 1. The maximum Gasteiger partial charge on any atom is 0.234 e. The molecule has 0 heterocycles. The first-order valence-electron chi connectivity index (χ1n) is 7.39. The molecule has 0 radical (unpaired) electrons. The van der Waals surface area contributed by atoms with Gasteiger partial charge in [0.05, 0.1) is 13.7 Å². The molecule has 4 nitrogen and oxygen atoms in total. The van der Waals surface area contributed by atoms with Crippen molar-refractivity contribution in [3.05, 3.63) is 65.5 Å². The highest BCUT2D eigenvalue weighted by Gasteiger charge is 2.07. The van der Waals surface area contributed by atoms with E-state index in [1.165, 1.54) is 12.1 Å². The van der Waals surface area contributed by atoms with Crippen molar-refractivity contribution in [3.63, 3.8) is 0 Å². The second kappa shape index (κ2) is 8.29. The van der Waals surface area contributed by atoms with Crippen LogP contribution in [0.25, 0.3) is 0 Å². The molecule has 0 aliphatic carbocycles. The van der Waals surface area contributed by atoms with Crippen LogP contribution in [0.5, 0.6) is 5.75 Å². The third-order valence-electron chi connectivity index (χ3n) is 3.43. The Morgan fingerprint density at radius 2 is 1.70 bits per heavy atom. The lowest BCUT2D eigenvalue weighted by Gasteiger charge is -2.16. The van der Waals surface area contributed by atoms with Crippen molar-refractivity contribution in [1.82, 2.24) is 10.2 Å². The molecule has 2 aromatic carbocycles. The molecule has 0 saturated heterocycles. The summed E-state index contributed by atoms with van der Waals surface area (Å²) in [5.74, 6) is 0.484. The van der Waals surface area contributed by atoms with Gasteiger partial charge >= 0.3 is 0 Å². The van der Waals surface area contributed by atoms with E-state index in [0.29, 0.717) is 13.1 Å². The number of nitrogens with zero attached hydrogens (tertiary/aromatic N) is 1. The fraction of sp³-hybridized carbons (Fsp3) is 0.278. The van der Waals surface area contributed by atoms with Gasteiger partial charge in [-0.2, -0.15) is 0 Å². The van der Waals surface area contributed by atoms with E-state index in [1.807, 2.05) is 36.2 Å². The van der Waals surface area contributed by atoms with Gasteiger partial charge in [-0.05, 0) is 42.4 Å². The molecule has 0 bridgehead atoms. The highest BCUT2D eigenvalue weighted by atomic mass is 19.1. The van der Waals surface area contributed by atoms with E-state index in [4.69, 9.17) is 4.74 Å². The maximum atomic E-state index is 12.9. The third kappa shape index (κ3) is 5.71. The first kappa shape index (κ1) is 17.0. The highest BCUT2D eigenvalue weighted by Crippen LogP contribution is 2.11. The first-order valence-corrected chi connectivity index (χ1v) is 7.39. The standard InChI is InChI=1S/C18H21FN2O2/c1-21(12-15-3-7-16(19)8-4-15)13-18(22)20-11-14-5-9-17(23-2)10-6-14/h3-10H,11-13H2,1-2H3,(H,20,22). The summed E-state index contributed by atoms with van der Waals surface area (Å²) in [6, 6.07) is 13.9. The van der Waals surface area contributed by atoms with Crippen molar-refractivity contribution in [3.8, 4) is 5.75 Å². The van der Waals surface area contributed by atoms with Crippen molar-refractivity contribution in [1.29, 1.82) is 0 Å². The molecule has 0 spiro atoms. The van der Waals surface area contributed by atoms with Crippen molar-refractivity contribution in [2.24, 2.45) is 0 Å². The lowest BCUT2D eigenvalue weighted by Crippen LogP contribution is -2.34. The predicted molar refractivity (Wildman–Crippen MR) is 87.6 cm³/mol. The zero-order chi connectivity index (χ0) is 16.7. The van der Waals surface area contributed by atoms with Crippen LogP contribution >= 0.6 is 0 Å². The minimum atomic E-state index is -0.256. The van der Waals surface area contributed by atoms with Crippen molar-refractivity contribution in [2.45, 2.75) is 13.1 Å². The zero-order valence-corrected chi connectivity index (χ0v) is 13.4. The van der Waals surface area contributed by atoms with Crippen LogP contribution in [0.2, 0.25) is 0 Å². The molecule has 122 valence electrons. The normalized spacial score (nSPS) is 10.6. The van der Waals surface area contributed by atoms with Gasteiger partial charge in [-0.1, -0.05) is 24.3 Å². The van der Waals surface area contributed by atoms with Crippen LogP contribution < -0.4 is 10.1 Å². The Morgan fingerprint density at radius 1 is 1.09 bits per heavy atom. The van der Waals surface area contributed by atoms with Crippen LogP contribution in [0.1, 0.15) is 11.1 Å². The molecule has 0 unspecified atom stereocenters. The molecule has 0 atom stereocenters. The van der Waals surface area contributed by atoms with Gasteiger partial charge in [0.15, 0.2) is 0 Å². The number of hydrogen-bond donors (Lipinski definition) is 1. The quantitative estimate of drug-likeness (QED) is 0.854. The molecule has 1 N–H and O–H groups in total. The largest absolute Gasteiger partial charge is 0.497 e. The Morgan fingerprint density at radius 3 is 2.30 bits per heavy atom. The lowest BCUT2D eigenvalue weighted by atomic mass is 10.2. The molecule has 0 saturated carbocycles. The number of methoxy groups -OCH3 is 1. The Hall–Kier alpha value is -2.40. The lowest BCUT2D eigenvalue weighted by molar-refractivity contribution is -0.122. The van der Waals surface area contributed by atoms with Crippen molar-refractivity contribution < 1.29 is 13.9 Å². The molecule has 23 heavy (non-hydrogen) atoms. The Bertz CT molecular complexity index is 626. The second-order valence-electron chi connectivity index (χ2n) is 5.42. The van der Waals surface area contributed by atoms with E-state index in [9.17, 15) is 9.18 Å². The van der Waals surface area contributed by atoms with Crippen LogP contribution in [0, 0.1) is 5.82 Å². The number of halogens is 1. The monoisotopic (exact) mass is 316 g/mol. The smallest absolute Gasteiger partial charge is 0.234 e. The topological polar surface area (TPSA) is 41.6 Å². The van der Waals surface area contributed by atoms with E-state index >= 15 is 0 Å². The first-order chi connectivity index (χ1) is 11.1. The number of carbonyl (C=O) groups is 1. The van der Waals surface area contributed by atoms with Crippen LogP contribution in [0.4, 0.5) is 4.39 Å². The van der Waals surface area contributed by atoms with Crippen LogP contribution in [0.3, 0.4) is 0 Å².